The van der Waals surface area contributed by atoms with E-state index in [1.807, 2.05) is 6.92 Å². The van der Waals surface area contributed by atoms with Gasteiger partial charge in [0.15, 0.2) is 0 Å². The molecule has 0 aromatic carbocycles. The lowest BCUT2D eigenvalue weighted by atomic mass is 10.2. The van der Waals surface area contributed by atoms with E-state index in [0.29, 0.717) is 5.56 Å². The first-order valence-corrected chi connectivity index (χ1v) is 3.74. The Labute approximate surface area is 70.9 Å². The van der Waals surface area contributed by atoms with E-state index in [1.54, 1.807) is 24.3 Å². The van der Waals surface area contributed by atoms with Crippen LogP contribution in [0, 0.1) is 5.95 Å². The van der Waals surface area contributed by atoms with Crippen LogP contribution in [0.1, 0.15) is 12.5 Å². The first-order chi connectivity index (χ1) is 5.70. The van der Waals surface area contributed by atoms with E-state index >= 15 is 0 Å². The van der Waals surface area contributed by atoms with Crippen LogP contribution in [0.5, 0.6) is 0 Å². The first kappa shape index (κ1) is 8.87. The zero-order valence-electron chi connectivity index (χ0n) is 6.87. The predicted octanol–water partition coefficient (Wildman–Crippen LogP) is 1.58. The summed E-state index contributed by atoms with van der Waals surface area (Å²) >= 11 is 0. The molecule has 1 unspecified atom stereocenters. The minimum absolute atomic E-state index is 0.0652. The molecule has 2 N–H and O–H groups in total. The lowest BCUT2D eigenvalue weighted by molar-refractivity contribution is 0.581. The van der Waals surface area contributed by atoms with Crippen molar-refractivity contribution in [2.24, 2.45) is 5.73 Å². The quantitative estimate of drug-likeness (QED) is 0.677. The fourth-order valence-electron chi connectivity index (χ4n) is 0.778. The Morgan fingerprint density at radius 3 is 3.00 bits per heavy atom. The van der Waals surface area contributed by atoms with Crippen molar-refractivity contribution >= 4 is 6.08 Å². The fourth-order valence-corrected chi connectivity index (χ4v) is 0.778. The second-order valence-electron chi connectivity index (χ2n) is 2.60. The molecule has 0 spiro atoms. The van der Waals surface area contributed by atoms with Crippen molar-refractivity contribution in [1.29, 1.82) is 0 Å². The second-order valence-corrected chi connectivity index (χ2v) is 2.60. The molecule has 1 aromatic heterocycles. The van der Waals surface area contributed by atoms with Crippen LogP contribution in [-0.4, -0.2) is 11.0 Å². The molecular formula is C9H11FN2. The summed E-state index contributed by atoms with van der Waals surface area (Å²) in [7, 11) is 0. The van der Waals surface area contributed by atoms with Gasteiger partial charge in [0.1, 0.15) is 0 Å². The van der Waals surface area contributed by atoms with Crippen LogP contribution >= 0.6 is 0 Å². The zero-order valence-corrected chi connectivity index (χ0v) is 6.87. The molecule has 1 aromatic rings. The molecule has 12 heavy (non-hydrogen) atoms. The Morgan fingerprint density at radius 2 is 2.42 bits per heavy atom. The van der Waals surface area contributed by atoms with Crippen molar-refractivity contribution in [3.05, 3.63) is 35.9 Å². The smallest absolute Gasteiger partial charge is 0.220 e. The molecule has 0 bridgehead atoms. The highest BCUT2D eigenvalue weighted by molar-refractivity contribution is 5.48. The monoisotopic (exact) mass is 166 g/mol. The normalized spacial score (nSPS) is 13.6. The van der Waals surface area contributed by atoms with Crippen molar-refractivity contribution in [1.82, 2.24) is 4.98 Å². The van der Waals surface area contributed by atoms with Gasteiger partial charge in [-0.2, -0.15) is 4.39 Å². The number of nitrogens with zero attached hydrogens (tertiary/aromatic N) is 1. The third-order valence-corrected chi connectivity index (χ3v) is 1.37. The maximum Gasteiger partial charge on any atom is 0.220 e. The van der Waals surface area contributed by atoms with Gasteiger partial charge in [0.05, 0.1) is 0 Å². The molecule has 0 amide bonds. The molecule has 2 nitrogen and oxygen atoms in total. The molecule has 1 rings (SSSR count). The van der Waals surface area contributed by atoms with Crippen molar-refractivity contribution < 1.29 is 4.39 Å². The standard InChI is InChI=1S/C9H11FN2/c1-7(11)4-5-8-3-2-6-12-9(8)10/h2-7H,11H2,1H3/b5-4+. The van der Waals surface area contributed by atoms with Crippen molar-refractivity contribution in [3.8, 4) is 0 Å². The molecule has 0 saturated heterocycles. The van der Waals surface area contributed by atoms with E-state index in [0.717, 1.165) is 0 Å². The second kappa shape index (κ2) is 3.97. The molecule has 1 atom stereocenters. The lowest BCUT2D eigenvalue weighted by Gasteiger charge is -1.96. The number of halogens is 1. The van der Waals surface area contributed by atoms with Crippen LogP contribution in [0.2, 0.25) is 0 Å². The summed E-state index contributed by atoms with van der Waals surface area (Å²) in [5.41, 5.74) is 5.93. The van der Waals surface area contributed by atoms with Crippen LogP contribution in [0.3, 0.4) is 0 Å². The van der Waals surface area contributed by atoms with Crippen molar-refractivity contribution in [2.75, 3.05) is 0 Å². The Hall–Kier alpha value is -1.22. The van der Waals surface area contributed by atoms with Crippen LogP contribution in [0.15, 0.2) is 24.4 Å². The predicted molar refractivity (Wildman–Crippen MR) is 46.9 cm³/mol. The first-order valence-electron chi connectivity index (χ1n) is 3.74. The van der Waals surface area contributed by atoms with Gasteiger partial charge in [-0.1, -0.05) is 12.2 Å². The topological polar surface area (TPSA) is 38.9 Å². The SMILES string of the molecule is CC(N)/C=C/c1cccnc1F. The van der Waals surface area contributed by atoms with Gasteiger partial charge in [-0.15, -0.1) is 0 Å². The largest absolute Gasteiger partial charge is 0.325 e. The molecule has 0 aliphatic heterocycles. The Kier molecular flexibility index (Phi) is 2.94. The molecule has 3 heteroatoms. The molecule has 1 heterocycles. The molecule has 0 aliphatic rings. The summed E-state index contributed by atoms with van der Waals surface area (Å²) in [6.45, 7) is 1.82. The van der Waals surface area contributed by atoms with Gasteiger partial charge >= 0.3 is 0 Å². The molecular weight excluding hydrogens is 155 g/mol. The summed E-state index contributed by atoms with van der Waals surface area (Å²) < 4.78 is 12.8. The number of rotatable bonds is 2. The van der Waals surface area contributed by atoms with Gasteiger partial charge in [0, 0.05) is 17.8 Å². The van der Waals surface area contributed by atoms with Gasteiger partial charge in [-0.3, -0.25) is 0 Å². The molecule has 0 fully saturated rings. The van der Waals surface area contributed by atoms with Gasteiger partial charge in [-0.25, -0.2) is 4.98 Å². The third kappa shape index (κ3) is 2.43. The maximum absolute atomic E-state index is 12.8. The van der Waals surface area contributed by atoms with Gasteiger partial charge in [-0.05, 0) is 19.1 Å². The van der Waals surface area contributed by atoms with E-state index in [9.17, 15) is 4.39 Å². The van der Waals surface area contributed by atoms with Crippen LogP contribution < -0.4 is 5.73 Å². The maximum atomic E-state index is 12.8. The number of hydrogen-bond donors (Lipinski definition) is 1. The number of nitrogens with two attached hydrogens (primary N) is 1. The number of aromatic nitrogens is 1. The summed E-state index contributed by atoms with van der Waals surface area (Å²) in [6, 6.07) is 3.27. The van der Waals surface area contributed by atoms with Crippen molar-refractivity contribution in [2.45, 2.75) is 13.0 Å². The fraction of sp³-hybridized carbons (Fsp3) is 0.222. The number of hydrogen-bond acceptors (Lipinski definition) is 2. The Balaban J connectivity index is 2.82. The number of pyridine rings is 1. The summed E-state index contributed by atoms with van der Waals surface area (Å²) in [5.74, 6) is -0.464. The van der Waals surface area contributed by atoms with E-state index in [4.69, 9.17) is 5.73 Å². The minimum Gasteiger partial charge on any atom is -0.325 e. The van der Waals surface area contributed by atoms with Crippen LogP contribution in [0.25, 0.3) is 6.08 Å². The van der Waals surface area contributed by atoms with Gasteiger partial charge < -0.3 is 5.73 Å². The van der Waals surface area contributed by atoms with Crippen LogP contribution in [-0.2, 0) is 0 Å². The van der Waals surface area contributed by atoms with Crippen molar-refractivity contribution in [3.63, 3.8) is 0 Å². The summed E-state index contributed by atoms with van der Waals surface area (Å²) in [5, 5.41) is 0. The van der Waals surface area contributed by atoms with Gasteiger partial charge in [0.25, 0.3) is 0 Å². The lowest BCUT2D eigenvalue weighted by Crippen LogP contribution is -2.10. The average Bonchev–Trinajstić information content (AvgIpc) is 2.03. The highest BCUT2D eigenvalue weighted by Gasteiger charge is 1.96. The Bertz CT molecular complexity index is 282. The molecule has 0 aliphatic carbocycles. The zero-order chi connectivity index (χ0) is 8.97. The Morgan fingerprint density at radius 1 is 1.67 bits per heavy atom. The highest BCUT2D eigenvalue weighted by atomic mass is 19.1. The van der Waals surface area contributed by atoms with E-state index in [-0.39, 0.29) is 6.04 Å². The molecule has 64 valence electrons. The van der Waals surface area contributed by atoms with E-state index < -0.39 is 5.95 Å². The summed E-state index contributed by atoms with van der Waals surface area (Å²) in [6.07, 6.45) is 4.77. The van der Waals surface area contributed by atoms with E-state index in [1.165, 1.54) is 6.20 Å². The van der Waals surface area contributed by atoms with Gasteiger partial charge in [0.2, 0.25) is 5.95 Å². The van der Waals surface area contributed by atoms with Crippen LogP contribution in [0.4, 0.5) is 4.39 Å². The summed E-state index contributed by atoms with van der Waals surface area (Å²) in [4.78, 5) is 3.50. The third-order valence-electron chi connectivity index (χ3n) is 1.37. The molecule has 0 saturated carbocycles. The van der Waals surface area contributed by atoms with E-state index in [2.05, 4.69) is 4.98 Å². The highest BCUT2D eigenvalue weighted by Crippen LogP contribution is 2.05. The average molecular weight is 166 g/mol. The molecule has 0 radical (unpaired) electrons. The minimum atomic E-state index is -0.464.